The van der Waals surface area contributed by atoms with Gasteiger partial charge in [0.1, 0.15) is 5.75 Å². The molecule has 0 fully saturated rings. The normalized spacial score (nSPS) is 10.4. The maximum absolute atomic E-state index is 5.44. The zero-order chi connectivity index (χ0) is 11.3. The Hall–Kier alpha value is -0.630. The van der Waals surface area contributed by atoms with Crippen LogP contribution < -0.4 is 4.74 Å². The van der Waals surface area contributed by atoms with Gasteiger partial charge in [-0.15, -0.1) is 11.8 Å². The van der Waals surface area contributed by atoms with Crippen molar-refractivity contribution >= 4 is 11.8 Å². The second kappa shape index (κ2) is 6.06. The molecule has 0 aliphatic heterocycles. The first-order valence-corrected chi connectivity index (χ1v) is 6.45. The van der Waals surface area contributed by atoms with Gasteiger partial charge < -0.3 is 4.74 Å². The average molecular weight is 224 g/mol. The molecule has 0 atom stereocenters. The minimum Gasteiger partial charge on any atom is -0.495 e. The summed E-state index contributed by atoms with van der Waals surface area (Å²) in [6.45, 7) is 6.46. The van der Waals surface area contributed by atoms with Crippen LogP contribution in [0.4, 0.5) is 0 Å². The molecule has 15 heavy (non-hydrogen) atoms. The Morgan fingerprint density at radius 2 is 2.00 bits per heavy atom. The predicted molar refractivity (Wildman–Crippen MR) is 68.1 cm³/mol. The summed E-state index contributed by atoms with van der Waals surface area (Å²) in [4.78, 5) is 1.28. The molecule has 0 aliphatic rings. The Bertz CT molecular complexity index is 321. The van der Waals surface area contributed by atoms with Crippen LogP contribution in [0.3, 0.4) is 0 Å². The van der Waals surface area contributed by atoms with Crippen LogP contribution in [0.2, 0.25) is 0 Å². The van der Waals surface area contributed by atoms with Gasteiger partial charge in [0.25, 0.3) is 0 Å². The molecule has 0 radical (unpaired) electrons. The number of ether oxygens (including phenoxy) is 1. The van der Waals surface area contributed by atoms with Crippen LogP contribution in [-0.2, 0) is 0 Å². The van der Waals surface area contributed by atoms with Gasteiger partial charge in [-0.3, -0.25) is 0 Å². The molecule has 0 aromatic heterocycles. The van der Waals surface area contributed by atoms with Crippen molar-refractivity contribution in [1.82, 2.24) is 0 Å². The third kappa shape index (κ3) is 3.45. The molecule has 1 aromatic rings. The molecule has 2 heteroatoms. The Balaban J connectivity index is 2.84. The van der Waals surface area contributed by atoms with Gasteiger partial charge in [-0.25, -0.2) is 0 Å². The quantitative estimate of drug-likeness (QED) is 0.547. The molecular formula is C13H20OS. The fourth-order valence-electron chi connectivity index (χ4n) is 1.61. The third-order valence-corrected chi connectivity index (χ3v) is 3.45. The Morgan fingerprint density at radius 1 is 1.27 bits per heavy atom. The molecule has 0 bridgehead atoms. The first kappa shape index (κ1) is 12.4. The van der Waals surface area contributed by atoms with Crippen molar-refractivity contribution in [2.45, 2.75) is 38.5 Å². The molecule has 0 heterocycles. The van der Waals surface area contributed by atoms with E-state index in [1.807, 2.05) is 11.8 Å². The van der Waals surface area contributed by atoms with Crippen molar-refractivity contribution in [2.24, 2.45) is 0 Å². The van der Waals surface area contributed by atoms with Crippen molar-refractivity contribution in [3.63, 3.8) is 0 Å². The Labute approximate surface area is 97.2 Å². The van der Waals surface area contributed by atoms with Crippen LogP contribution in [0.5, 0.6) is 5.75 Å². The summed E-state index contributed by atoms with van der Waals surface area (Å²) in [6, 6.07) is 4.38. The Kier molecular flexibility index (Phi) is 5.03. The number of hydrogen-bond donors (Lipinski definition) is 0. The molecule has 0 unspecified atom stereocenters. The summed E-state index contributed by atoms with van der Waals surface area (Å²) in [6.07, 6.45) is 2.51. The molecule has 1 rings (SSSR count). The minimum absolute atomic E-state index is 1.04. The molecule has 1 aromatic carbocycles. The summed E-state index contributed by atoms with van der Waals surface area (Å²) in [5.41, 5.74) is 2.55. The van der Waals surface area contributed by atoms with Crippen LogP contribution in [0.25, 0.3) is 0 Å². The fourth-order valence-corrected chi connectivity index (χ4v) is 2.91. The third-order valence-electron chi connectivity index (χ3n) is 2.34. The number of benzene rings is 1. The first-order valence-electron chi connectivity index (χ1n) is 5.47. The fraction of sp³-hybridized carbons (Fsp3) is 0.538. The number of thioether (sulfide) groups is 1. The number of rotatable bonds is 5. The van der Waals surface area contributed by atoms with E-state index < -0.39 is 0 Å². The van der Waals surface area contributed by atoms with Crippen molar-refractivity contribution in [1.29, 1.82) is 0 Å². The standard InChI is InChI=1S/C13H20OS/c1-5-6-7-15-12-9-10(2)8-11(3)13(12)14-4/h8-9H,5-7H2,1-4H3. The minimum atomic E-state index is 1.04. The molecule has 0 saturated carbocycles. The van der Waals surface area contributed by atoms with Crippen LogP contribution in [-0.4, -0.2) is 12.9 Å². The maximum Gasteiger partial charge on any atom is 0.135 e. The van der Waals surface area contributed by atoms with Crippen molar-refractivity contribution in [2.75, 3.05) is 12.9 Å². The molecule has 0 saturated heterocycles. The topological polar surface area (TPSA) is 9.23 Å². The van der Waals surface area contributed by atoms with E-state index in [0.717, 1.165) is 5.75 Å². The Morgan fingerprint density at radius 3 is 2.60 bits per heavy atom. The lowest BCUT2D eigenvalue weighted by molar-refractivity contribution is 0.401. The summed E-state index contributed by atoms with van der Waals surface area (Å²) in [5.74, 6) is 2.22. The number of hydrogen-bond acceptors (Lipinski definition) is 2. The number of methoxy groups -OCH3 is 1. The second-order valence-corrected chi connectivity index (χ2v) is 4.95. The highest BCUT2D eigenvalue weighted by Crippen LogP contribution is 2.33. The van der Waals surface area contributed by atoms with Gasteiger partial charge in [-0.2, -0.15) is 0 Å². The lowest BCUT2D eigenvalue weighted by Gasteiger charge is -2.12. The van der Waals surface area contributed by atoms with E-state index in [1.165, 1.54) is 34.6 Å². The SMILES string of the molecule is CCCCSc1cc(C)cc(C)c1OC. The lowest BCUT2D eigenvalue weighted by atomic mass is 10.1. The van der Waals surface area contributed by atoms with Gasteiger partial charge in [-0.05, 0) is 43.2 Å². The zero-order valence-corrected chi connectivity index (χ0v) is 10.9. The van der Waals surface area contributed by atoms with Crippen LogP contribution in [0.1, 0.15) is 30.9 Å². The highest BCUT2D eigenvalue weighted by atomic mass is 32.2. The van der Waals surface area contributed by atoms with E-state index in [0.29, 0.717) is 0 Å². The van der Waals surface area contributed by atoms with E-state index >= 15 is 0 Å². The van der Waals surface area contributed by atoms with Crippen molar-refractivity contribution in [3.8, 4) is 5.75 Å². The largest absolute Gasteiger partial charge is 0.495 e. The average Bonchev–Trinajstić information content (AvgIpc) is 2.17. The van der Waals surface area contributed by atoms with E-state index in [-0.39, 0.29) is 0 Å². The van der Waals surface area contributed by atoms with Crippen LogP contribution >= 0.6 is 11.8 Å². The zero-order valence-electron chi connectivity index (χ0n) is 10.1. The monoisotopic (exact) mass is 224 g/mol. The molecule has 0 amide bonds. The van der Waals surface area contributed by atoms with Gasteiger partial charge in [0.05, 0.1) is 7.11 Å². The predicted octanol–water partition coefficient (Wildman–Crippen LogP) is 4.20. The molecular weight excluding hydrogens is 204 g/mol. The second-order valence-electron chi connectivity index (χ2n) is 3.82. The van der Waals surface area contributed by atoms with Crippen molar-refractivity contribution < 1.29 is 4.74 Å². The highest BCUT2D eigenvalue weighted by Gasteiger charge is 2.07. The molecule has 0 spiro atoms. The van der Waals surface area contributed by atoms with Gasteiger partial charge in [0.2, 0.25) is 0 Å². The van der Waals surface area contributed by atoms with Gasteiger partial charge in [-0.1, -0.05) is 19.4 Å². The van der Waals surface area contributed by atoms with E-state index in [4.69, 9.17) is 4.74 Å². The number of unbranched alkanes of at least 4 members (excludes halogenated alkanes) is 1. The molecule has 1 nitrogen and oxygen atoms in total. The molecule has 84 valence electrons. The van der Waals surface area contributed by atoms with Crippen LogP contribution in [0, 0.1) is 13.8 Å². The van der Waals surface area contributed by atoms with E-state index in [1.54, 1.807) is 7.11 Å². The smallest absolute Gasteiger partial charge is 0.135 e. The van der Waals surface area contributed by atoms with Gasteiger partial charge in [0, 0.05) is 4.90 Å². The molecule has 0 N–H and O–H groups in total. The number of aryl methyl sites for hydroxylation is 2. The van der Waals surface area contributed by atoms with E-state index in [2.05, 4.69) is 32.9 Å². The summed E-state index contributed by atoms with van der Waals surface area (Å²) in [5, 5.41) is 0. The highest BCUT2D eigenvalue weighted by molar-refractivity contribution is 7.99. The van der Waals surface area contributed by atoms with Gasteiger partial charge in [0.15, 0.2) is 0 Å². The first-order chi connectivity index (χ1) is 7.19. The summed E-state index contributed by atoms with van der Waals surface area (Å²) in [7, 11) is 1.75. The van der Waals surface area contributed by atoms with Gasteiger partial charge >= 0.3 is 0 Å². The summed E-state index contributed by atoms with van der Waals surface area (Å²) < 4.78 is 5.44. The lowest BCUT2D eigenvalue weighted by Crippen LogP contribution is -1.92. The summed E-state index contributed by atoms with van der Waals surface area (Å²) >= 11 is 1.90. The molecule has 0 aliphatic carbocycles. The van der Waals surface area contributed by atoms with E-state index in [9.17, 15) is 0 Å². The van der Waals surface area contributed by atoms with Crippen LogP contribution in [0.15, 0.2) is 17.0 Å². The maximum atomic E-state index is 5.44. The van der Waals surface area contributed by atoms with Crippen molar-refractivity contribution in [3.05, 3.63) is 23.3 Å².